The Labute approximate surface area is 196 Å². The quantitative estimate of drug-likeness (QED) is 0.311. The third-order valence-corrected chi connectivity index (χ3v) is 7.05. The van der Waals surface area contributed by atoms with Crippen LogP contribution in [0.5, 0.6) is 0 Å². The van der Waals surface area contributed by atoms with Gasteiger partial charge >= 0.3 is 0 Å². The molecule has 5 nitrogen and oxygen atoms in total. The molecule has 3 rings (SSSR count). The van der Waals surface area contributed by atoms with Crippen LogP contribution < -0.4 is 5.32 Å². The summed E-state index contributed by atoms with van der Waals surface area (Å²) in [6.45, 7) is 4.90. The normalized spacial score (nSPS) is 12.0. The Morgan fingerprint density at radius 2 is 1.36 bits per heavy atom. The standard InChI is InChI=1S/C27H30N2O3S/c1-3-19-29(20-4-2)33(31,32)25-17-15-24(16-18-25)28-27(30)26(23-13-9-6-10-14-23)21-22-11-7-5-8-12-22/h5-18,21H,3-4,19-20H2,1-2H3,(H,28,30)/b26-21+. The van der Waals surface area contributed by atoms with Gasteiger partial charge in [0.2, 0.25) is 10.0 Å². The fourth-order valence-electron chi connectivity index (χ4n) is 3.52. The van der Waals surface area contributed by atoms with E-state index in [-0.39, 0.29) is 10.8 Å². The Balaban J connectivity index is 1.84. The molecule has 0 unspecified atom stereocenters. The van der Waals surface area contributed by atoms with Gasteiger partial charge in [-0.05, 0) is 54.3 Å². The van der Waals surface area contributed by atoms with E-state index in [4.69, 9.17) is 0 Å². The van der Waals surface area contributed by atoms with Crippen LogP contribution >= 0.6 is 0 Å². The van der Waals surface area contributed by atoms with Crippen molar-refractivity contribution in [2.24, 2.45) is 0 Å². The molecule has 3 aromatic rings. The molecule has 33 heavy (non-hydrogen) atoms. The summed E-state index contributed by atoms with van der Waals surface area (Å²) < 4.78 is 27.5. The topological polar surface area (TPSA) is 66.5 Å². The Morgan fingerprint density at radius 1 is 0.818 bits per heavy atom. The largest absolute Gasteiger partial charge is 0.322 e. The lowest BCUT2D eigenvalue weighted by Gasteiger charge is -2.21. The van der Waals surface area contributed by atoms with E-state index in [9.17, 15) is 13.2 Å². The van der Waals surface area contributed by atoms with E-state index in [0.29, 0.717) is 24.4 Å². The number of hydrogen-bond donors (Lipinski definition) is 1. The van der Waals surface area contributed by atoms with E-state index in [1.54, 1.807) is 24.3 Å². The van der Waals surface area contributed by atoms with Gasteiger partial charge in [0.05, 0.1) is 4.90 Å². The van der Waals surface area contributed by atoms with E-state index >= 15 is 0 Å². The van der Waals surface area contributed by atoms with Crippen molar-refractivity contribution in [3.8, 4) is 0 Å². The molecule has 0 saturated heterocycles. The molecular weight excluding hydrogens is 432 g/mol. The molecule has 0 spiro atoms. The van der Waals surface area contributed by atoms with Crippen molar-refractivity contribution < 1.29 is 13.2 Å². The van der Waals surface area contributed by atoms with Crippen molar-refractivity contribution in [3.63, 3.8) is 0 Å². The average Bonchev–Trinajstić information content (AvgIpc) is 2.84. The molecule has 172 valence electrons. The van der Waals surface area contributed by atoms with Gasteiger partial charge < -0.3 is 5.32 Å². The van der Waals surface area contributed by atoms with E-state index in [1.165, 1.54) is 4.31 Å². The Kier molecular flexibility index (Phi) is 8.58. The number of carbonyl (C=O) groups excluding carboxylic acids is 1. The molecule has 1 N–H and O–H groups in total. The average molecular weight is 463 g/mol. The van der Waals surface area contributed by atoms with Gasteiger partial charge in [-0.2, -0.15) is 4.31 Å². The molecule has 0 aliphatic rings. The van der Waals surface area contributed by atoms with Crippen LogP contribution in [-0.2, 0) is 14.8 Å². The lowest BCUT2D eigenvalue weighted by Crippen LogP contribution is -2.32. The van der Waals surface area contributed by atoms with Gasteiger partial charge in [0.1, 0.15) is 0 Å². The van der Waals surface area contributed by atoms with Crippen LogP contribution in [0.2, 0.25) is 0 Å². The molecule has 0 heterocycles. The van der Waals surface area contributed by atoms with Crippen molar-refractivity contribution in [1.29, 1.82) is 0 Å². The molecule has 3 aromatic carbocycles. The van der Waals surface area contributed by atoms with E-state index in [1.807, 2.05) is 80.6 Å². The maximum Gasteiger partial charge on any atom is 0.256 e. The van der Waals surface area contributed by atoms with Gasteiger partial charge in [0.25, 0.3) is 5.91 Å². The van der Waals surface area contributed by atoms with Crippen molar-refractivity contribution in [2.45, 2.75) is 31.6 Å². The third kappa shape index (κ3) is 6.40. The van der Waals surface area contributed by atoms with Crippen LogP contribution in [0.15, 0.2) is 89.8 Å². The second kappa shape index (κ2) is 11.6. The van der Waals surface area contributed by atoms with E-state index < -0.39 is 10.0 Å². The molecule has 6 heteroatoms. The van der Waals surface area contributed by atoms with E-state index in [2.05, 4.69) is 5.32 Å². The zero-order chi connectivity index (χ0) is 23.7. The van der Waals surface area contributed by atoms with E-state index in [0.717, 1.165) is 24.0 Å². The van der Waals surface area contributed by atoms with Crippen LogP contribution in [0.1, 0.15) is 37.8 Å². The smallest absolute Gasteiger partial charge is 0.256 e. The lowest BCUT2D eigenvalue weighted by molar-refractivity contribution is -0.111. The second-order valence-corrected chi connectivity index (χ2v) is 9.66. The molecule has 0 bridgehead atoms. The molecule has 0 fully saturated rings. The first-order valence-electron chi connectivity index (χ1n) is 11.2. The number of anilines is 1. The number of sulfonamides is 1. The summed E-state index contributed by atoms with van der Waals surface area (Å²) in [7, 11) is -3.56. The molecular formula is C27H30N2O3S. The fourth-order valence-corrected chi connectivity index (χ4v) is 5.15. The highest BCUT2D eigenvalue weighted by atomic mass is 32.2. The Bertz CT molecular complexity index is 1170. The van der Waals surface area contributed by atoms with Gasteiger partial charge in [-0.15, -0.1) is 0 Å². The number of amides is 1. The molecule has 1 amide bonds. The highest BCUT2D eigenvalue weighted by molar-refractivity contribution is 7.89. The summed E-state index contributed by atoms with van der Waals surface area (Å²) in [5.41, 5.74) is 2.77. The number of nitrogens with zero attached hydrogens (tertiary/aromatic N) is 1. The number of benzene rings is 3. The van der Waals surface area contributed by atoms with Crippen molar-refractivity contribution in [2.75, 3.05) is 18.4 Å². The molecule has 0 aliphatic heterocycles. The highest BCUT2D eigenvalue weighted by Gasteiger charge is 2.23. The van der Waals surface area contributed by atoms with Gasteiger partial charge in [0.15, 0.2) is 0 Å². The maximum absolute atomic E-state index is 13.2. The van der Waals surface area contributed by atoms with Crippen LogP contribution in [0.4, 0.5) is 5.69 Å². The van der Waals surface area contributed by atoms with Crippen LogP contribution in [0, 0.1) is 0 Å². The minimum Gasteiger partial charge on any atom is -0.322 e. The minimum absolute atomic E-state index is 0.227. The van der Waals surface area contributed by atoms with Gasteiger partial charge in [-0.25, -0.2) is 8.42 Å². The monoisotopic (exact) mass is 462 g/mol. The fraction of sp³-hybridized carbons (Fsp3) is 0.222. The van der Waals surface area contributed by atoms with Crippen molar-refractivity contribution in [1.82, 2.24) is 4.31 Å². The Hall–Kier alpha value is -3.22. The molecule has 0 saturated carbocycles. The summed E-state index contributed by atoms with van der Waals surface area (Å²) in [5, 5.41) is 2.90. The first-order valence-corrected chi connectivity index (χ1v) is 12.6. The first kappa shape index (κ1) is 24.4. The van der Waals surface area contributed by atoms with Crippen molar-refractivity contribution >= 4 is 33.3 Å². The maximum atomic E-state index is 13.2. The third-order valence-electron chi connectivity index (χ3n) is 5.14. The highest BCUT2D eigenvalue weighted by Crippen LogP contribution is 2.23. The number of carbonyl (C=O) groups is 1. The SMILES string of the molecule is CCCN(CCC)S(=O)(=O)c1ccc(NC(=O)/C(=C/c2ccccc2)c2ccccc2)cc1. The summed E-state index contributed by atoms with van der Waals surface area (Å²) >= 11 is 0. The summed E-state index contributed by atoms with van der Waals surface area (Å²) in [6, 6.07) is 25.5. The predicted octanol–water partition coefficient (Wildman–Crippen LogP) is 5.68. The number of rotatable bonds is 10. The summed E-state index contributed by atoms with van der Waals surface area (Å²) in [4.78, 5) is 13.4. The zero-order valence-corrected chi connectivity index (χ0v) is 19.9. The van der Waals surface area contributed by atoms with Crippen molar-refractivity contribution in [3.05, 3.63) is 96.1 Å². The van der Waals surface area contributed by atoms with Crippen LogP contribution in [0.3, 0.4) is 0 Å². The van der Waals surface area contributed by atoms with Gasteiger partial charge in [0, 0.05) is 24.4 Å². The first-order chi connectivity index (χ1) is 16.0. The number of hydrogen-bond acceptors (Lipinski definition) is 3. The van der Waals surface area contributed by atoms with Gasteiger partial charge in [-0.1, -0.05) is 74.5 Å². The lowest BCUT2D eigenvalue weighted by atomic mass is 10.0. The van der Waals surface area contributed by atoms with Crippen LogP contribution in [-0.4, -0.2) is 31.7 Å². The minimum atomic E-state index is -3.56. The van der Waals surface area contributed by atoms with Crippen LogP contribution in [0.25, 0.3) is 11.6 Å². The molecule has 0 radical (unpaired) electrons. The Morgan fingerprint density at radius 3 is 1.91 bits per heavy atom. The molecule has 0 aromatic heterocycles. The molecule has 0 aliphatic carbocycles. The summed E-state index contributed by atoms with van der Waals surface area (Å²) in [6.07, 6.45) is 3.35. The predicted molar refractivity (Wildman–Crippen MR) is 135 cm³/mol. The molecule has 0 atom stereocenters. The summed E-state index contributed by atoms with van der Waals surface area (Å²) in [5.74, 6) is -0.265. The number of nitrogens with one attached hydrogen (secondary N) is 1. The zero-order valence-electron chi connectivity index (χ0n) is 19.1. The second-order valence-electron chi connectivity index (χ2n) is 7.72. The van der Waals surface area contributed by atoms with Gasteiger partial charge in [-0.3, -0.25) is 4.79 Å².